The van der Waals surface area contributed by atoms with Gasteiger partial charge in [-0.3, -0.25) is 14.5 Å². The highest BCUT2D eigenvalue weighted by Gasteiger charge is 2.31. The first-order valence-corrected chi connectivity index (χ1v) is 13.0. The molecule has 0 aliphatic carbocycles. The van der Waals surface area contributed by atoms with E-state index in [2.05, 4.69) is 4.99 Å². The van der Waals surface area contributed by atoms with Crippen molar-refractivity contribution in [1.82, 2.24) is 4.90 Å². The number of benzene rings is 4. The summed E-state index contributed by atoms with van der Waals surface area (Å²) in [7, 11) is 0. The van der Waals surface area contributed by atoms with E-state index in [4.69, 9.17) is 25.5 Å². The monoisotopic (exact) mass is 609 g/mol. The molecule has 0 aromatic heterocycles. The summed E-state index contributed by atoms with van der Waals surface area (Å²) in [5.74, 6) is -2.76. The number of nitrogen functional groups attached to an aromatic ring is 1. The summed E-state index contributed by atoms with van der Waals surface area (Å²) < 4.78 is 0. The SMILES string of the molecule is Nc1ccccc1C(=O)O.O=C(O)c1ccc2c(c1)CC(=O)N(Cc1ccccc1)C2=O.O=C=NCc1ccccc1.O=C=O. The van der Waals surface area contributed by atoms with E-state index in [0.717, 1.165) is 11.1 Å². The molecule has 4 N–H and O–H groups in total. The molecule has 5 rings (SSSR count). The van der Waals surface area contributed by atoms with Crippen LogP contribution in [0.15, 0.2) is 108 Å². The number of hydrogen-bond acceptors (Lipinski definition) is 9. The van der Waals surface area contributed by atoms with Crippen molar-refractivity contribution in [1.29, 1.82) is 0 Å². The molecule has 1 aliphatic heterocycles. The average molecular weight is 610 g/mol. The number of amides is 2. The largest absolute Gasteiger partial charge is 0.478 e. The molecule has 4 aromatic rings. The number of nitrogens with two attached hydrogens (primary N) is 1. The lowest BCUT2D eigenvalue weighted by Gasteiger charge is -2.27. The number of carbonyl (C=O) groups excluding carboxylic acids is 5. The Morgan fingerprint density at radius 2 is 1.33 bits per heavy atom. The van der Waals surface area contributed by atoms with Gasteiger partial charge in [-0.25, -0.2) is 19.4 Å². The number of aliphatic imine (C=N–C) groups is 1. The van der Waals surface area contributed by atoms with E-state index in [1.807, 2.05) is 60.7 Å². The number of carbonyl (C=O) groups is 4. The lowest BCUT2D eigenvalue weighted by Crippen LogP contribution is -2.41. The van der Waals surface area contributed by atoms with E-state index in [9.17, 15) is 24.0 Å². The molecule has 2 amide bonds. The highest BCUT2D eigenvalue weighted by Crippen LogP contribution is 2.23. The molecule has 0 unspecified atom stereocenters. The van der Waals surface area contributed by atoms with Crippen LogP contribution in [0.4, 0.5) is 5.69 Å². The van der Waals surface area contributed by atoms with Gasteiger partial charge >= 0.3 is 18.1 Å². The van der Waals surface area contributed by atoms with Crippen molar-refractivity contribution in [2.45, 2.75) is 19.5 Å². The van der Waals surface area contributed by atoms with Gasteiger partial charge in [0, 0.05) is 11.3 Å². The molecule has 12 nitrogen and oxygen atoms in total. The van der Waals surface area contributed by atoms with Crippen molar-refractivity contribution in [3.63, 3.8) is 0 Å². The van der Waals surface area contributed by atoms with Gasteiger partial charge in [0.15, 0.2) is 0 Å². The zero-order valence-electron chi connectivity index (χ0n) is 23.7. The van der Waals surface area contributed by atoms with Crippen LogP contribution in [-0.4, -0.2) is 51.1 Å². The van der Waals surface area contributed by atoms with Crippen LogP contribution < -0.4 is 5.73 Å². The van der Waals surface area contributed by atoms with Crippen molar-refractivity contribution in [3.8, 4) is 0 Å². The molecular weight excluding hydrogens is 582 g/mol. The lowest BCUT2D eigenvalue weighted by atomic mass is 9.95. The number of fused-ring (bicyclic) bond motifs is 1. The fourth-order valence-electron chi connectivity index (χ4n) is 3.92. The average Bonchev–Trinajstić information content (AvgIpc) is 3.04. The molecule has 12 heteroatoms. The van der Waals surface area contributed by atoms with Crippen LogP contribution in [0.2, 0.25) is 0 Å². The number of isocyanates is 1. The highest BCUT2D eigenvalue weighted by atomic mass is 16.4. The molecule has 45 heavy (non-hydrogen) atoms. The van der Waals surface area contributed by atoms with Crippen molar-refractivity contribution in [2.75, 3.05) is 5.73 Å². The first-order chi connectivity index (χ1) is 21.6. The maximum atomic E-state index is 12.5. The fraction of sp³-hybridized carbons (Fsp3) is 0.0909. The summed E-state index contributed by atoms with van der Waals surface area (Å²) in [5.41, 5.74) is 8.64. The molecule has 0 saturated heterocycles. The van der Waals surface area contributed by atoms with E-state index < -0.39 is 11.9 Å². The maximum absolute atomic E-state index is 12.5. The van der Waals surface area contributed by atoms with Gasteiger partial charge in [-0.2, -0.15) is 9.59 Å². The Morgan fingerprint density at radius 3 is 1.84 bits per heavy atom. The quantitative estimate of drug-likeness (QED) is 0.124. The first kappa shape index (κ1) is 34.7. The Hall–Kier alpha value is -6.48. The Labute approximate surface area is 257 Å². The van der Waals surface area contributed by atoms with E-state index in [1.54, 1.807) is 18.2 Å². The topological polar surface area (TPSA) is 202 Å². The molecule has 0 spiro atoms. The number of carboxylic acids is 2. The number of rotatable bonds is 6. The van der Waals surface area contributed by atoms with E-state index in [1.165, 1.54) is 35.2 Å². The Bertz CT molecular complexity index is 1710. The first-order valence-electron chi connectivity index (χ1n) is 13.0. The van der Waals surface area contributed by atoms with Crippen LogP contribution in [0.25, 0.3) is 0 Å². The summed E-state index contributed by atoms with van der Waals surface area (Å²) in [6.45, 7) is 0.656. The molecule has 0 saturated carbocycles. The summed E-state index contributed by atoms with van der Waals surface area (Å²) >= 11 is 0. The van der Waals surface area contributed by atoms with Crippen LogP contribution in [0.1, 0.15) is 47.8 Å². The van der Waals surface area contributed by atoms with Gasteiger partial charge in [0.05, 0.1) is 30.6 Å². The Morgan fingerprint density at radius 1 is 0.778 bits per heavy atom. The Kier molecular flexibility index (Phi) is 14.0. The van der Waals surface area contributed by atoms with Crippen LogP contribution in [-0.2, 0) is 38.7 Å². The number of carboxylic acid groups (broad SMARTS) is 2. The zero-order chi connectivity index (χ0) is 33.2. The van der Waals surface area contributed by atoms with Crippen LogP contribution >= 0.6 is 0 Å². The normalized spacial score (nSPS) is 10.9. The predicted molar refractivity (Wildman–Crippen MR) is 160 cm³/mol. The lowest BCUT2D eigenvalue weighted by molar-refractivity contribution is -0.191. The molecule has 1 heterocycles. The number of nitrogens with zero attached hydrogens (tertiary/aromatic N) is 2. The number of imide groups is 1. The highest BCUT2D eigenvalue weighted by molar-refractivity contribution is 6.10. The standard InChI is InChI=1S/C17H13NO4.C8H7NO.C7H7NO2.CO2/c19-15-9-13-8-12(17(21)22)6-7-14(13)16(20)18(15)10-11-4-2-1-3-5-11;10-7-9-6-8-4-2-1-3-5-8;8-6-4-2-1-3-5(6)7(9)10;2-1-3/h1-8H,9-10H2,(H,21,22);1-5H,6H2;1-4H,8H2,(H,9,10);. The summed E-state index contributed by atoms with van der Waals surface area (Å²) in [4.78, 5) is 76.6. The minimum Gasteiger partial charge on any atom is -0.478 e. The zero-order valence-corrected chi connectivity index (χ0v) is 23.7. The summed E-state index contributed by atoms with van der Waals surface area (Å²) in [5, 5.41) is 17.5. The maximum Gasteiger partial charge on any atom is 0.373 e. The third-order valence-electron chi connectivity index (χ3n) is 6.01. The number of anilines is 1. The van der Waals surface area contributed by atoms with Crippen molar-refractivity contribution in [3.05, 3.63) is 137 Å². The number of hydrogen-bond donors (Lipinski definition) is 3. The molecule has 0 bridgehead atoms. The second kappa shape index (κ2) is 18.1. The second-order valence-electron chi connectivity index (χ2n) is 8.99. The van der Waals surface area contributed by atoms with Crippen molar-refractivity contribution < 1.29 is 43.8 Å². The van der Waals surface area contributed by atoms with Crippen LogP contribution in [0.3, 0.4) is 0 Å². The molecule has 228 valence electrons. The smallest absolute Gasteiger partial charge is 0.373 e. The van der Waals surface area contributed by atoms with Crippen molar-refractivity contribution in [2.24, 2.45) is 4.99 Å². The van der Waals surface area contributed by atoms with E-state index in [-0.39, 0.29) is 42.1 Å². The summed E-state index contributed by atoms with van der Waals surface area (Å²) in [6, 6.07) is 29.5. The minimum absolute atomic E-state index is 0.0367. The van der Waals surface area contributed by atoms with Gasteiger partial charge in [-0.1, -0.05) is 72.8 Å². The molecule has 1 aliphatic rings. The molecule has 0 atom stereocenters. The molecular formula is C33H27N3O9. The van der Waals surface area contributed by atoms with E-state index in [0.29, 0.717) is 23.4 Å². The second-order valence-corrected chi connectivity index (χ2v) is 8.99. The summed E-state index contributed by atoms with van der Waals surface area (Å²) in [6.07, 6.45) is 1.78. The van der Waals surface area contributed by atoms with Crippen LogP contribution in [0.5, 0.6) is 0 Å². The van der Waals surface area contributed by atoms with Gasteiger partial charge in [0.25, 0.3) is 5.91 Å². The third kappa shape index (κ3) is 11.0. The van der Waals surface area contributed by atoms with Gasteiger partial charge in [-0.15, -0.1) is 0 Å². The third-order valence-corrected chi connectivity index (χ3v) is 6.01. The van der Waals surface area contributed by atoms with Gasteiger partial charge in [-0.05, 0) is 47.0 Å². The number of para-hydroxylation sites is 1. The van der Waals surface area contributed by atoms with E-state index >= 15 is 0 Å². The molecule has 0 radical (unpaired) electrons. The van der Waals surface area contributed by atoms with Gasteiger partial charge < -0.3 is 15.9 Å². The predicted octanol–water partition coefficient (Wildman–Crippen LogP) is 4.02. The van der Waals surface area contributed by atoms with Crippen molar-refractivity contribution >= 4 is 41.7 Å². The Balaban J connectivity index is 0.000000255. The van der Waals surface area contributed by atoms with Gasteiger partial charge in [0.2, 0.25) is 12.0 Å². The van der Waals surface area contributed by atoms with Gasteiger partial charge in [0.1, 0.15) is 0 Å². The molecule has 0 fully saturated rings. The minimum atomic E-state index is -1.07. The fourth-order valence-corrected chi connectivity index (χ4v) is 3.92. The van der Waals surface area contributed by atoms with Crippen LogP contribution in [0, 0.1) is 0 Å². The molecule has 4 aromatic carbocycles. The number of aromatic carboxylic acids is 2.